The van der Waals surface area contributed by atoms with Crippen LogP contribution in [0.2, 0.25) is 5.02 Å². The molecule has 0 aliphatic heterocycles. The number of aliphatic hydroxyl groups is 1. The summed E-state index contributed by atoms with van der Waals surface area (Å²) in [5.41, 5.74) is 6.90. The normalized spacial score (nSPS) is 13.1. The Morgan fingerprint density at radius 2 is 2.25 bits per heavy atom. The second-order valence-corrected chi connectivity index (χ2v) is 4.10. The number of aliphatic hydroxyl groups excluding tert-OH is 1. The average molecular weight is 243 g/mol. The molecule has 0 radical (unpaired) electrons. The molecule has 90 valence electrons. The predicted octanol–water partition coefficient (Wildman–Crippen LogP) is 1.65. The Balaban J connectivity index is 2.87. The van der Waals surface area contributed by atoms with Crippen molar-refractivity contribution in [1.29, 1.82) is 0 Å². The summed E-state index contributed by atoms with van der Waals surface area (Å²) in [6.07, 6.45) is 0. The minimum atomic E-state index is 0.121. The van der Waals surface area contributed by atoms with Crippen molar-refractivity contribution < 1.29 is 5.11 Å². The zero-order valence-corrected chi connectivity index (χ0v) is 10.3. The van der Waals surface area contributed by atoms with Gasteiger partial charge >= 0.3 is 0 Å². The standard InChI is InChI=1S/C12H19ClN2O/c1-2-15(6-7-16)12(9-14)10-4-3-5-11(13)8-10/h3-5,8,12,16H,2,6-7,9,14H2,1H3. The molecule has 4 heteroatoms. The number of halogens is 1. The summed E-state index contributed by atoms with van der Waals surface area (Å²) in [6, 6.07) is 7.84. The molecule has 0 heterocycles. The topological polar surface area (TPSA) is 49.5 Å². The summed E-state index contributed by atoms with van der Waals surface area (Å²) < 4.78 is 0. The Labute approximate surface area is 102 Å². The quantitative estimate of drug-likeness (QED) is 0.798. The number of nitrogens with two attached hydrogens (primary N) is 1. The molecule has 1 aromatic rings. The monoisotopic (exact) mass is 242 g/mol. The molecule has 0 bridgehead atoms. The first kappa shape index (κ1) is 13.5. The zero-order chi connectivity index (χ0) is 12.0. The molecule has 1 unspecified atom stereocenters. The predicted molar refractivity (Wildman–Crippen MR) is 67.6 cm³/mol. The third-order valence-corrected chi connectivity index (χ3v) is 2.93. The number of likely N-dealkylation sites (N-methyl/N-ethyl adjacent to an activating group) is 1. The van der Waals surface area contributed by atoms with Crippen LogP contribution >= 0.6 is 11.6 Å². The van der Waals surface area contributed by atoms with Crippen LogP contribution in [0.25, 0.3) is 0 Å². The molecule has 0 aromatic heterocycles. The van der Waals surface area contributed by atoms with Crippen LogP contribution in [0.5, 0.6) is 0 Å². The van der Waals surface area contributed by atoms with E-state index < -0.39 is 0 Å². The maximum absolute atomic E-state index is 9.01. The van der Waals surface area contributed by atoms with Gasteiger partial charge in [0.05, 0.1) is 6.61 Å². The lowest BCUT2D eigenvalue weighted by molar-refractivity contribution is 0.160. The maximum Gasteiger partial charge on any atom is 0.0558 e. The molecule has 0 spiro atoms. The number of hydrogen-bond donors (Lipinski definition) is 2. The molecule has 0 amide bonds. The van der Waals surface area contributed by atoms with Gasteiger partial charge in [-0.1, -0.05) is 30.7 Å². The molecular formula is C12H19ClN2O. The van der Waals surface area contributed by atoms with Gasteiger partial charge in [-0.15, -0.1) is 0 Å². The van der Waals surface area contributed by atoms with Gasteiger partial charge in [-0.25, -0.2) is 0 Å². The molecule has 1 rings (SSSR count). The van der Waals surface area contributed by atoms with E-state index in [4.69, 9.17) is 22.4 Å². The minimum Gasteiger partial charge on any atom is -0.395 e. The van der Waals surface area contributed by atoms with Gasteiger partial charge in [0.25, 0.3) is 0 Å². The Hall–Kier alpha value is -0.610. The second kappa shape index (κ2) is 6.86. The molecule has 0 aliphatic rings. The van der Waals surface area contributed by atoms with Crippen molar-refractivity contribution in [2.75, 3.05) is 26.2 Å². The van der Waals surface area contributed by atoms with Gasteiger partial charge in [0.1, 0.15) is 0 Å². The Kier molecular flexibility index (Phi) is 5.77. The average Bonchev–Trinajstić information content (AvgIpc) is 2.29. The Bertz CT molecular complexity index is 320. The lowest BCUT2D eigenvalue weighted by Crippen LogP contribution is -2.35. The molecular weight excluding hydrogens is 224 g/mol. The molecule has 0 saturated heterocycles. The van der Waals surface area contributed by atoms with Gasteiger partial charge in [0.2, 0.25) is 0 Å². The Morgan fingerprint density at radius 3 is 2.75 bits per heavy atom. The van der Waals surface area contributed by atoms with Crippen molar-refractivity contribution >= 4 is 11.6 Å². The van der Waals surface area contributed by atoms with E-state index in [1.807, 2.05) is 24.3 Å². The molecule has 3 nitrogen and oxygen atoms in total. The van der Waals surface area contributed by atoms with Crippen molar-refractivity contribution in [2.24, 2.45) is 5.73 Å². The summed E-state index contributed by atoms with van der Waals surface area (Å²) in [5.74, 6) is 0. The van der Waals surface area contributed by atoms with Gasteiger partial charge in [0, 0.05) is 24.2 Å². The lowest BCUT2D eigenvalue weighted by atomic mass is 10.1. The molecule has 1 atom stereocenters. The summed E-state index contributed by atoms with van der Waals surface area (Å²) in [4.78, 5) is 2.14. The number of nitrogens with zero attached hydrogens (tertiary/aromatic N) is 1. The molecule has 0 fully saturated rings. The molecule has 0 aliphatic carbocycles. The van der Waals surface area contributed by atoms with Crippen LogP contribution in [-0.2, 0) is 0 Å². The van der Waals surface area contributed by atoms with Crippen LogP contribution in [-0.4, -0.2) is 36.2 Å². The van der Waals surface area contributed by atoms with E-state index >= 15 is 0 Å². The van der Waals surface area contributed by atoms with E-state index in [9.17, 15) is 0 Å². The van der Waals surface area contributed by atoms with E-state index in [0.29, 0.717) is 13.1 Å². The lowest BCUT2D eigenvalue weighted by Gasteiger charge is -2.29. The van der Waals surface area contributed by atoms with Crippen molar-refractivity contribution in [1.82, 2.24) is 4.90 Å². The van der Waals surface area contributed by atoms with E-state index in [0.717, 1.165) is 17.1 Å². The van der Waals surface area contributed by atoms with Crippen LogP contribution in [0, 0.1) is 0 Å². The highest BCUT2D eigenvalue weighted by atomic mass is 35.5. The van der Waals surface area contributed by atoms with E-state index in [1.54, 1.807) is 0 Å². The van der Waals surface area contributed by atoms with Crippen molar-refractivity contribution in [2.45, 2.75) is 13.0 Å². The summed E-state index contributed by atoms with van der Waals surface area (Å²) in [5, 5.41) is 9.72. The van der Waals surface area contributed by atoms with Gasteiger partial charge in [-0.2, -0.15) is 0 Å². The van der Waals surface area contributed by atoms with Gasteiger partial charge in [0.15, 0.2) is 0 Å². The minimum absolute atomic E-state index is 0.121. The van der Waals surface area contributed by atoms with Gasteiger partial charge < -0.3 is 10.8 Å². The van der Waals surface area contributed by atoms with Crippen molar-refractivity contribution in [3.63, 3.8) is 0 Å². The highest BCUT2D eigenvalue weighted by Gasteiger charge is 2.17. The molecule has 3 N–H and O–H groups in total. The molecule has 1 aromatic carbocycles. The van der Waals surface area contributed by atoms with Crippen LogP contribution in [0.4, 0.5) is 0 Å². The largest absolute Gasteiger partial charge is 0.395 e. The molecule has 16 heavy (non-hydrogen) atoms. The van der Waals surface area contributed by atoms with Gasteiger partial charge in [-0.3, -0.25) is 4.90 Å². The van der Waals surface area contributed by atoms with E-state index in [1.165, 1.54) is 0 Å². The summed E-state index contributed by atoms with van der Waals surface area (Å²) >= 11 is 5.96. The fourth-order valence-corrected chi connectivity index (χ4v) is 2.07. The fraction of sp³-hybridized carbons (Fsp3) is 0.500. The second-order valence-electron chi connectivity index (χ2n) is 3.66. The first-order valence-corrected chi connectivity index (χ1v) is 5.91. The number of rotatable bonds is 6. The van der Waals surface area contributed by atoms with Crippen molar-refractivity contribution in [3.8, 4) is 0 Å². The summed E-state index contributed by atoms with van der Waals surface area (Å²) in [6.45, 7) is 4.21. The zero-order valence-electron chi connectivity index (χ0n) is 9.56. The van der Waals surface area contributed by atoms with Crippen LogP contribution in [0.15, 0.2) is 24.3 Å². The molecule has 0 saturated carbocycles. The number of hydrogen-bond acceptors (Lipinski definition) is 3. The van der Waals surface area contributed by atoms with Crippen LogP contribution in [0.1, 0.15) is 18.5 Å². The van der Waals surface area contributed by atoms with E-state index in [2.05, 4.69) is 11.8 Å². The smallest absolute Gasteiger partial charge is 0.0558 e. The first-order chi connectivity index (χ1) is 7.72. The maximum atomic E-state index is 9.01. The SMILES string of the molecule is CCN(CCO)C(CN)c1cccc(Cl)c1. The van der Waals surface area contributed by atoms with Crippen molar-refractivity contribution in [3.05, 3.63) is 34.9 Å². The number of benzene rings is 1. The summed E-state index contributed by atoms with van der Waals surface area (Å²) in [7, 11) is 0. The van der Waals surface area contributed by atoms with Crippen LogP contribution < -0.4 is 5.73 Å². The fourth-order valence-electron chi connectivity index (χ4n) is 1.87. The van der Waals surface area contributed by atoms with Gasteiger partial charge in [-0.05, 0) is 24.2 Å². The Morgan fingerprint density at radius 1 is 1.50 bits per heavy atom. The van der Waals surface area contributed by atoms with E-state index in [-0.39, 0.29) is 12.6 Å². The third-order valence-electron chi connectivity index (χ3n) is 2.69. The van der Waals surface area contributed by atoms with Crippen LogP contribution in [0.3, 0.4) is 0 Å². The highest BCUT2D eigenvalue weighted by molar-refractivity contribution is 6.30. The third kappa shape index (κ3) is 3.46. The highest BCUT2D eigenvalue weighted by Crippen LogP contribution is 2.22. The first-order valence-electron chi connectivity index (χ1n) is 5.53.